The average molecular weight is 409 g/mol. The van der Waals surface area contributed by atoms with Gasteiger partial charge in [-0.25, -0.2) is 0 Å². The average Bonchev–Trinajstić information content (AvgIpc) is 2.73. The molecule has 0 bridgehead atoms. The quantitative estimate of drug-likeness (QED) is 0.207. The Morgan fingerprint density at radius 1 is 1.00 bits per heavy atom. The first-order valence-corrected chi connectivity index (χ1v) is 11.9. The topological polar surface area (TPSA) is 66.8 Å². The van der Waals surface area contributed by atoms with Crippen molar-refractivity contribution in [2.45, 2.75) is 109 Å². The number of aliphatic hydroxyl groups is 2. The van der Waals surface area contributed by atoms with Crippen LogP contribution in [0.3, 0.4) is 0 Å². The fourth-order valence-corrected chi connectivity index (χ4v) is 4.31. The van der Waals surface area contributed by atoms with Gasteiger partial charge < -0.3 is 14.9 Å². The molecule has 0 amide bonds. The third-order valence-corrected chi connectivity index (χ3v) is 6.13. The van der Waals surface area contributed by atoms with E-state index in [4.69, 9.17) is 0 Å². The first-order valence-electron chi connectivity index (χ1n) is 11.9. The first kappa shape index (κ1) is 25.9. The number of allylic oxidation sites excluding steroid dienone is 3. The van der Waals surface area contributed by atoms with Crippen molar-refractivity contribution >= 4 is 5.97 Å². The predicted molar refractivity (Wildman–Crippen MR) is 120 cm³/mol. The predicted octanol–water partition coefficient (Wildman–Crippen LogP) is 5.72. The largest absolute Gasteiger partial charge is 0.469 e. The van der Waals surface area contributed by atoms with Gasteiger partial charge in [0, 0.05) is 6.42 Å². The van der Waals surface area contributed by atoms with E-state index in [2.05, 4.69) is 17.7 Å². The number of carbonyl (C=O) groups excluding carboxylic acids is 1. The number of methoxy groups -OCH3 is 1. The lowest BCUT2D eigenvalue weighted by atomic mass is 9.75. The van der Waals surface area contributed by atoms with Crippen LogP contribution in [0, 0.1) is 11.8 Å². The van der Waals surface area contributed by atoms with E-state index < -0.39 is 0 Å². The lowest BCUT2D eigenvalue weighted by molar-refractivity contribution is -0.140. The summed E-state index contributed by atoms with van der Waals surface area (Å²) in [6.45, 7) is 2.23. The van der Waals surface area contributed by atoms with Crippen molar-refractivity contribution in [2.24, 2.45) is 11.8 Å². The maximum absolute atomic E-state index is 11.2. The second kappa shape index (κ2) is 16.6. The van der Waals surface area contributed by atoms with Crippen LogP contribution in [0.5, 0.6) is 0 Å². The van der Waals surface area contributed by atoms with Crippen molar-refractivity contribution in [3.8, 4) is 0 Å². The number of aliphatic hydroxyl groups excluding tert-OH is 2. The highest BCUT2D eigenvalue weighted by atomic mass is 16.5. The fraction of sp³-hybridized carbons (Fsp3) is 0.800. The van der Waals surface area contributed by atoms with E-state index in [1.54, 1.807) is 0 Å². The van der Waals surface area contributed by atoms with Gasteiger partial charge in [0.05, 0.1) is 19.3 Å². The van der Waals surface area contributed by atoms with Crippen LogP contribution in [0.2, 0.25) is 0 Å². The number of esters is 1. The minimum absolute atomic E-state index is 0.207. The Labute approximate surface area is 178 Å². The molecule has 0 heterocycles. The van der Waals surface area contributed by atoms with E-state index in [-0.39, 0.29) is 24.1 Å². The van der Waals surface area contributed by atoms with E-state index in [9.17, 15) is 15.0 Å². The van der Waals surface area contributed by atoms with Crippen LogP contribution in [-0.4, -0.2) is 35.5 Å². The zero-order chi connectivity index (χ0) is 21.3. The maximum Gasteiger partial charge on any atom is 0.305 e. The highest BCUT2D eigenvalue weighted by molar-refractivity contribution is 5.68. The minimum Gasteiger partial charge on any atom is -0.469 e. The van der Waals surface area contributed by atoms with Gasteiger partial charge in [0.1, 0.15) is 0 Å². The lowest BCUT2D eigenvalue weighted by Crippen LogP contribution is -2.30. The molecule has 168 valence electrons. The number of ether oxygens (including phenoxy) is 1. The number of rotatable bonds is 15. The molecular formula is C25H44O4. The molecule has 0 aromatic carbocycles. The van der Waals surface area contributed by atoms with Gasteiger partial charge in [-0.15, -0.1) is 0 Å². The van der Waals surface area contributed by atoms with Gasteiger partial charge in [-0.05, 0) is 43.9 Å². The summed E-state index contributed by atoms with van der Waals surface area (Å²) in [6.07, 6.45) is 21.8. The smallest absolute Gasteiger partial charge is 0.305 e. The van der Waals surface area contributed by atoms with Crippen molar-refractivity contribution in [3.63, 3.8) is 0 Å². The zero-order valence-electron chi connectivity index (χ0n) is 18.7. The van der Waals surface area contributed by atoms with Crippen LogP contribution in [-0.2, 0) is 9.53 Å². The van der Waals surface area contributed by atoms with Gasteiger partial charge >= 0.3 is 5.97 Å². The van der Waals surface area contributed by atoms with Crippen molar-refractivity contribution in [1.29, 1.82) is 0 Å². The molecule has 0 aliphatic heterocycles. The second-order valence-corrected chi connectivity index (χ2v) is 8.54. The summed E-state index contributed by atoms with van der Waals surface area (Å²) < 4.78 is 4.67. The number of unbranched alkanes of at least 4 members (excludes halogenated alkanes) is 5. The van der Waals surface area contributed by atoms with Crippen LogP contribution in [0.1, 0.15) is 96.8 Å². The lowest BCUT2D eigenvalue weighted by Gasteiger charge is -2.33. The Hall–Kier alpha value is -1.13. The third kappa shape index (κ3) is 12.2. The number of carbonyl (C=O) groups is 1. The summed E-state index contributed by atoms with van der Waals surface area (Å²) in [5.74, 6) is 0.429. The Bertz CT molecular complexity index is 471. The molecule has 1 rings (SSSR count). The van der Waals surface area contributed by atoms with E-state index in [0.717, 1.165) is 32.1 Å². The van der Waals surface area contributed by atoms with Crippen molar-refractivity contribution in [2.75, 3.05) is 7.11 Å². The monoisotopic (exact) mass is 408 g/mol. The SMILES string of the molecule is CCCCCCCCC(O)/C=C/C=C/[C@@H]1CCCC[C@H]1C(O)CCCC(=O)OC. The maximum atomic E-state index is 11.2. The molecule has 4 nitrogen and oxygen atoms in total. The molecule has 4 atom stereocenters. The second-order valence-electron chi connectivity index (χ2n) is 8.54. The molecular weight excluding hydrogens is 364 g/mol. The normalized spacial score (nSPS) is 22.2. The van der Waals surface area contributed by atoms with Crippen molar-refractivity contribution in [1.82, 2.24) is 0 Å². The van der Waals surface area contributed by atoms with Gasteiger partial charge in [0.2, 0.25) is 0 Å². The van der Waals surface area contributed by atoms with Crippen LogP contribution < -0.4 is 0 Å². The number of hydrogen-bond acceptors (Lipinski definition) is 4. The molecule has 0 aromatic rings. The van der Waals surface area contributed by atoms with Gasteiger partial charge in [0.25, 0.3) is 0 Å². The van der Waals surface area contributed by atoms with Gasteiger partial charge in [-0.3, -0.25) is 4.79 Å². The highest BCUT2D eigenvalue weighted by Gasteiger charge is 2.28. The van der Waals surface area contributed by atoms with Gasteiger partial charge in [-0.2, -0.15) is 0 Å². The van der Waals surface area contributed by atoms with Crippen LogP contribution in [0.4, 0.5) is 0 Å². The van der Waals surface area contributed by atoms with Crippen molar-refractivity contribution in [3.05, 3.63) is 24.3 Å². The molecule has 0 spiro atoms. The standard InChI is InChI=1S/C25H44O4/c1-3-4-5-6-7-8-16-22(26)17-11-9-14-21-15-10-12-18-23(21)24(27)19-13-20-25(28)29-2/h9,11,14,17,21-24,26-27H,3-8,10,12-13,15-16,18-20H2,1-2H3/b14-9+,17-11+/t21-,22?,23-,24?/m1/s1. The Morgan fingerprint density at radius 3 is 2.48 bits per heavy atom. The van der Waals surface area contributed by atoms with E-state index in [1.807, 2.05) is 18.2 Å². The summed E-state index contributed by atoms with van der Waals surface area (Å²) in [5.41, 5.74) is 0. The Kier molecular flexibility index (Phi) is 14.9. The number of hydrogen-bond donors (Lipinski definition) is 2. The molecule has 0 aromatic heterocycles. The first-order chi connectivity index (χ1) is 14.1. The molecule has 2 unspecified atom stereocenters. The molecule has 0 radical (unpaired) electrons. The van der Waals surface area contributed by atoms with E-state index >= 15 is 0 Å². The van der Waals surface area contributed by atoms with Crippen LogP contribution in [0.15, 0.2) is 24.3 Å². The summed E-state index contributed by atoms with van der Waals surface area (Å²) in [7, 11) is 1.40. The molecule has 1 aliphatic rings. The molecule has 4 heteroatoms. The third-order valence-electron chi connectivity index (χ3n) is 6.13. The molecule has 0 saturated heterocycles. The molecule has 29 heavy (non-hydrogen) atoms. The van der Waals surface area contributed by atoms with Crippen LogP contribution >= 0.6 is 0 Å². The van der Waals surface area contributed by atoms with Gasteiger partial charge in [-0.1, -0.05) is 82.6 Å². The summed E-state index contributed by atoms with van der Waals surface area (Å²) >= 11 is 0. The fourth-order valence-electron chi connectivity index (χ4n) is 4.31. The Morgan fingerprint density at radius 2 is 1.72 bits per heavy atom. The minimum atomic E-state index is -0.364. The van der Waals surface area contributed by atoms with E-state index in [1.165, 1.54) is 45.6 Å². The molecule has 1 fully saturated rings. The van der Waals surface area contributed by atoms with Crippen molar-refractivity contribution < 1.29 is 19.7 Å². The molecule has 2 N–H and O–H groups in total. The van der Waals surface area contributed by atoms with E-state index in [0.29, 0.717) is 25.2 Å². The molecule has 1 saturated carbocycles. The zero-order valence-corrected chi connectivity index (χ0v) is 18.7. The summed E-state index contributed by atoms with van der Waals surface area (Å²) in [4.78, 5) is 11.2. The molecule has 1 aliphatic carbocycles. The van der Waals surface area contributed by atoms with Gasteiger partial charge in [0.15, 0.2) is 0 Å². The highest BCUT2D eigenvalue weighted by Crippen LogP contribution is 2.35. The van der Waals surface area contributed by atoms with Crippen LogP contribution in [0.25, 0.3) is 0 Å². The summed E-state index contributed by atoms with van der Waals surface area (Å²) in [6, 6.07) is 0. The Balaban J connectivity index is 2.33. The summed E-state index contributed by atoms with van der Waals surface area (Å²) in [5, 5.41) is 20.7.